The molecule has 2 saturated heterocycles. The topological polar surface area (TPSA) is 92.8 Å². The number of carbonyl (C=O) groups excluding carboxylic acids is 1. The van der Waals surface area contributed by atoms with Gasteiger partial charge in [-0.25, -0.2) is 9.67 Å². The van der Waals surface area contributed by atoms with Crippen molar-refractivity contribution in [3.8, 4) is 17.1 Å². The number of likely N-dealkylation sites (tertiary alicyclic amines) is 1. The minimum absolute atomic E-state index is 0.138. The van der Waals surface area contributed by atoms with E-state index >= 15 is 0 Å². The van der Waals surface area contributed by atoms with Crippen LogP contribution in [0.1, 0.15) is 22.5 Å². The van der Waals surface area contributed by atoms with E-state index in [4.69, 9.17) is 14.8 Å². The van der Waals surface area contributed by atoms with Crippen LogP contribution in [0.25, 0.3) is 22.7 Å². The van der Waals surface area contributed by atoms with Crippen molar-refractivity contribution in [3.05, 3.63) is 59.9 Å². The molecule has 10 heteroatoms. The highest BCUT2D eigenvalue weighted by Crippen LogP contribution is 2.24. The van der Waals surface area contributed by atoms with Gasteiger partial charge in [0.15, 0.2) is 17.2 Å². The lowest BCUT2D eigenvalue weighted by Crippen LogP contribution is -2.38. The molecule has 1 amide bonds. The molecule has 0 spiro atoms. The highest BCUT2D eigenvalue weighted by molar-refractivity contribution is 5.93. The maximum Gasteiger partial charge on any atom is 0.272 e. The van der Waals surface area contributed by atoms with Crippen molar-refractivity contribution in [2.24, 2.45) is 0 Å². The largest absolute Gasteiger partial charge is 0.378 e. The number of nitrogens with one attached hydrogen (secondary N) is 1. The van der Waals surface area contributed by atoms with Gasteiger partial charge in [-0.05, 0) is 39.1 Å². The number of aryl methyl sites for hydroxylation is 1. The predicted octanol–water partition coefficient (Wildman–Crippen LogP) is 2.16. The maximum absolute atomic E-state index is 13.0. The average molecular weight is 487 g/mol. The lowest BCUT2D eigenvalue weighted by Gasteiger charge is -2.29. The van der Waals surface area contributed by atoms with Crippen LogP contribution < -0.4 is 10.2 Å². The third-order valence-corrected chi connectivity index (χ3v) is 6.83. The van der Waals surface area contributed by atoms with Crippen molar-refractivity contribution < 1.29 is 9.53 Å². The summed E-state index contributed by atoms with van der Waals surface area (Å²) in [7, 11) is 2.07. The maximum atomic E-state index is 13.0. The highest BCUT2D eigenvalue weighted by Gasteiger charge is 2.24. The third-order valence-electron chi connectivity index (χ3n) is 6.83. The molecule has 4 aromatic rings. The normalized spacial score (nSPS) is 18.7. The fourth-order valence-electron chi connectivity index (χ4n) is 4.91. The molecule has 3 aromatic heterocycles. The first-order valence-electron chi connectivity index (χ1n) is 12.4. The Bertz CT molecular complexity index is 1400. The van der Waals surface area contributed by atoms with E-state index in [9.17, 15) is 4.79 Å². The van der Waals surface area contributed by atoms with Gasteiger partial charge in [-0.1, -0.05) is 23.8 Å². The number of anilines is 1. The van der Waals surface area contributed by atoms with E-state index in [1.807, 2.05) is 24.4 Å². The van der Waals surface area contributed by atoms with Crippen LogP contribution in [0.4, 0.5) is 5.82 Å². The van der Waals surface area contributed by atoms with E-state index in [0.717, 1.165) is 49.7 Å². The van der Waals surface area contributed by atoms with E-state index in [-0.39, 0.29) is 11.9 Å². The van der Waals surface area contributed by atoms with E-state index in [0.29, 0.717) is 30.4 Å². The number of benzene rings is 1. The van der Waals surface area contributed by atoms with E-state index < -0.39 is 0 Å². The summed E-state index contributed by atoms with van der Waals surface area (Å²) in [6.45, 7) is 6.66. The lowest BCUT2D eigenvalue weighted by molar-refractivity contribution is 0.0933. The minimum Gasteiger partial charge on any atom is -0.378 e. The van der Waals surface area contributed by atoms with Crippen molar-refractivity contribution in [3.63, 3.8) is 0 Å². The summed E-state index contributed by atoms with van der Waals surface area (Å²) < 4.78 is 9.10. The summed E-state index contributed by atoms with van der Waals surface area (Å²) >= 11 is 0. The molecule has 1 N–H and O–H groups in total. The number of nitrogens with zero attached hydrogens (tertiary/aromatic N) is 7. The second kappa shape index (κ2) is 9.36. The number of ether oxygens (including phenoxy) is 1. The number of aromatic nitrogens is 5. The van der Waals surface area contributed by atoms with Crippen molar-refractivity contribution in [2.75, 3.05) is 51.3 Å². The molecule has 10 nitrogen and oxygen atoms in total. The summed E-state index contributed by atoms with van der Waals surface area (Å²) in [6.07, 6.45) is 2.86. The molecule has 2 aliphatic heterocycles. The third kappa shape index (κ3) is 4.45. The smallest absolute Gasteiger partial charge is 0.272 e. The summed E-state index contributed by atoms with van der Waals surface area (Å²) in [5.41, 5.74) is 4.10. The fourth-order valence-corrected chi connectivity index (χ4v) is 4.91. The summed E-state index contributed by atoms with van der Waals surface area (Å²) in [6, 6.07) is 14.1. The molecule has 36 heavy (non-hydrogen) atoms. The number of morpholine rings is 1. The molecular weight excluding hydrogens is 456 g/mol. The van der Waals surface area contributed by atoms with Gasteiger partial charge in [0.1, 0.15) is 5.82 Å². The number of hydrogen-bond donors (Lipinski definition) is 1. The number of hydrogen-bond acceptors (Lipinski definition) is 7. The molecule has 186 valence electrons. The highest BCUT2D eigenvalue weighted by atomic mass is 16.5. The first-order valence-corrected chi connectivity index (χ1v) is 12.4. The van der Waals surface area contributed by atoms with Crippen molar-refractivity contribution in [1.29, 1.82) is 0 Å². The number of carbonyl (C=O) groups is 1. The molecule has 1 atom stereocenters. The zero-order chi connectivity index (χ0) is 24.6. The number of likely N-dealkylation sites (N-methyl/N-ethyl adjacent to an activating group) is 1. The minimum atomic E-state index is -0.170. The molecule has 5 heterocycles. The molecule has 0 bridgehead atoms. The lowest BCUT2D eigenvalue weighted by atomic mass is 10.1. The standard InChI is InChI=1S/C26H30N8O2/c1-18-4-3-5-19(14-18)21-7-9-33(29-21)23-16-25(32-10-12-36-13-11-32)34-24(28-23)15-22(30-34)26(35)27-20-6-8-31(2)17-20/h3-5,7,9,14-16,20H,6,8,10-13,17H2,1-2H3,(H,27,35). The molecule has 1 aromatic carbocycles. The zero-order valence-corrected chi connectivity index (χ0v) is 20.6. The Morgan fingerprint density at radius 1 is 1.08 bits per heavy atom. The van der Waals surface area contributed by atoms with Gasteiger partial charge in [-0.3, -0.25) is 4.79 Å². The van der Waals surface area contributed by atoms with Crippen LogP contribution in [-0.2, 0) is 4.74 Å². The number of rotatable bonds is 5. The molecular formula is C26H30N8O2. The van der Waals surface area contributed by atoms with Gasteiger partial charge in [0.25, 0.3) is 5.91 Å². The zero-order valence-electron chi connectivity index (χ0n) is 20.6. The summed E-state index contributed by atoms with van der Waals surface area (Å²) in [4.78, 5) is 22.3. The van der Waals surface area contributed by atoms with Gasteiger partial charge in [0.2, 0.25) is 0 Å². The molecule has 6 rings (SSSR count). The number of amides is 1. The van der Waals surface area contributed by atoms with Crippen molar-refractivity contribution >= 4 is 17.4 Å². The molecule has 2 fully saturated rings. The molecule has 0 aliphatic carbocycles. The summed E-state index contributed by atoms with van der Waals surface area (Å²) in [5.74, 6) is 1.37. The Labute approximate surface area is 209 Å². The van der Waals surface area contributed by atoms with Gasteiger partial charge in [-0.2, -0.15) is 14.7 Å². The Hall–Kier alpha value is -3.76. The van der Waals surface area contributed by atoms with Gasteiger partial charge in [-0.15, -0.1) is 0 Å². The van der Waals surface area contributed by atoms with Crippen LogP contribution in [0.5, 0.6) is 0 Å². The van der Waals surface area contributed by atoms with Crippen molar-refractivity contribution in [1.82, 2.24) is 34.6 Å². The van der Waals surface area contributed by atoms with Gasteiger partial charge >= 0.3 is 0 Å². The van der Waals surface area contributed by atoms with Crippen LogP contribution in [0.3, 0.4) is 0 Å². The fraction of sp³-hybridized carbons (Fsp3) is 0.385. The quantitative estimate of drug-likeness (QED) is 0.462. The van der Waals surface area contributed by atoms with Crippen molar-refractivity contribution in [2.45, 2.75) is 19.4 Å². The van der Waals surface area contributed by atoms with Crippen LogP contribution in [0.15, 0.2) is 48.7 Å². The second-order valence-electron chi connectivity index (χ2n) is 9.61. The van der Waals surface area contributed by atoms with Crippen LogP contribution in [0, 0.1) is 6.92 Å². The molecule has 0 radical (unpaired) electrons. The molecule has 0 saturated carbocycles. The molecule has 2 aliphatic rings. The van der Waals surface area contributed by atoms with Crippen LogP contribution >= 0.6 is 0 Å². The first-order chi connectivity index (χ1) is 17.5. The number of fused-ring (bicyclic) bond motifs is 1. The summed E-state index contributed by atoms with van der Waals surface area (Å²) in [5, 5.41) is 12.6. The SMILES string of the molecule is Cc1cccc(-c2ccn(-c3cc(N4CCOCC4)n4nc(C(=O)NC5CCN(C)C5)cc4n3)n2)c1. The van der Waals surface area contributed by atoms with Gasteiger partial charge in [0.05, 0.1) is 18.9 Å². The Morgan fingerprint density at radius 3 is 2.72 bits per heavy atom. The Kier molecular flexibility index (Phi) is 5.90. The molecule has 1 unspecified atom stereocenters. The Morgan fingerprint density at radius 2 is 1.94 bits per heavy atom. The van der Waals surface area contributed by atoms with Gasteiger partial charge < -0.3 is 19.9 Å². The first kappa shape index (κ1) is 22.7. The Balaban J connectivity index is 1.37. The van der Waals surface area contributed by atoms with E-state index in [1.165, 1.54) is 5.56 Å². The second-order valence-corrected chi connectivity index (χ2v) is 9.61. The van der Waals surface area contributed by atoms with Crippen LogP contribution in [-0.4, -0.2) is 87.7 Å². The van der Waals surface area contributed by atoms with Crippen LogP contribution in [0.2, 0.25) is 0 Å². The predicted molar refractivity (Wildman–Crippen MR) is 137 cm³/mol. The average Bonchev–Trinajstić information content (AvgIpc) is 3.63. The monoisotopic (exact) mass is 486 g/mol. The van der Waals surface area contributed by atoms with E-state index in [2.05, 4.69) is 52.4 Å². The van der Waals surface area contributed by atoms with E-state index in [1.54, 1.807) is 15.3 Å². The van der Waals surface area contributed by atoms with Gasteiger partial charge in [0, 0.05) is 49.6 Å².